The van der Waals surface area contributed by atoms with Gasteiger partial charge in [-0.15, -0.1) is 24.6 Å². The van der Waals surface area contributed by atoms with Crippen LogP contribution >= 0.6 is 0 Å². The van der Waals surface area contributed by atoms with Gasteiger partial charge in [-0.25, -0.2) is 15.0 Å². The van der Waals surface area contributed by atoms with E-state index in [1.165, 1.54) is 40.7 Å². The number of halogens is 18. The van der Waals surface area contributed by atoms with Crippen LogP contribution in [0, 0.1) is 41.5 Å². The molecule has 1 radical (unpaired) electrons. The minimum atomic E-state index is -5.06. The number of pyridine rings is 3. The Kier molecular flexibility index (Phi) is 16.9. The molecule has 9 nitrogen and oxygen atoms in total. The summed E-state index contributed by atoms with van der Waals surface area (Å²) < 4.78 is 240. The molecule has 0 bridgehead atoms. The molecule has 0 spiro atoms. The standard InChI is InChI=1S/C18H15F6N3.2C17H13F6N3.Ir/c1-4-14-26(3)15-12(27(14)11-8-6-5-7-10(11)2)9-13(17(19,20)21)25-16(15)18(22,23)24;2*1-9-6-4-5-7-11(9)26-10(2)25(3)14-12(26)8-13(16(18,19)20)24-15(14)17(21,22)23;/h5-9,14H,1-2,4H2,3H3;2*4-8,10H,1-2H2,3H3;/q3*-2;. The molecule has 6 heterocycles. The average molecular weight is 1330 g/mol. The van der Waals surface area contributed by atoms with E-state index in [9.17, 15) is 79.0 Å². The fraction of sp³-hybridized carbons (Fsp3) is 0.250. The van der Waals surface area contributed by atoms with E-state index in [0.717, 1.165) is 9.80 Å². The molecule has 28 heteroatoms. The van der Waals surface area contributed by atoms with Gasteiger partial charge >= 0.3 is 37.1 Å². The predicted octanol–water partition coefficient (Wildman–Crippen LogP) is 15.5. The molecule has 3 aliphatic rings. The van der Waals surface area contributed by atoms with Crippen LogP contribution in [0.2, 0.25) is 0 Å². The molecule has 0 fully saturated rings. The summed E-state index contributed by atoms with van der Waals surface area (Å²) in [5, 5.41) is 0. The number of hydrogen-bond acceptors (Lipinski definition) is 9. The monoisotopic (exact) mass is 1330 g/mol. The summed E-state index contributed by atoms with van der Waals surface area (Å²) in [7, 11) is 4.03. The Labute approximate surface area is 459 Å². The molecule has 0 aliphatic carbocycles. The van der Waals surface area contributed by atoms with Gasteiger partial charge in [0, 0.05) is 41.2 Å². The minimum absolute atomic E-state index is 0. The van der Waals surface area contributed by atoms with Gasteiger partial charge in [0.15, 0.2) is 17.1 Å². The summed E-state index contributed by atoms with van der Waals surface area (Å²) >= 11 is 0. The number of hydrogen-bond donors (Lipinski definition) is 0. The fourth-order valence-corrected chi connectivity index (χ4v) is 9.08. The third-order valence-corrected chi connectivity index (χ3v) is 12.7. The Morgan fingerprint density at radius 1 is 0.388 bits per heavy atom. The molecular weight excluding hydrogens is 1280 g/mol. The second kappa shape index (κ2) is 21.8. The summed E-state index contributed by atoms with van der Waals surface area (Å²) in [6.45, 7) is 22.7. The molecule has 0 saturated heterocycles. The zero-order valence-corrected chi connectivity index (χ0v) is 43.9. The maximum absolute atomic E-state index is 13.5. The third kappa shape index (κ3) is 11.7. The number of para-hydroxylation sites is 3. The molecule has 0 amide bonds. The van der Waals surface area contributed by atoms with Gasteiger partial charge < -0.3 is 50.2 Å². The van der Waals surface area contributed by atoms with E-state index in [4.69, 9.17) is 0 Å². The van der Waals surface area contributed by atoms with Crippen molar-refractivity contribution in [1.29, 1.82) is 0 Å². The van der Waals surface area contributed by atoms with E-state index in [1.807, 2.05) is 0 Å². The molecule has 3 aliphatic heterocycles. The maximum Gasteiger partial charge on any atom is 0.435 e. The summed E-state index contributed by atoms with van der Waals surface area (Å²) in [5.74, 6) is 0. The minimum Gasteiger partial charge on any atom is -0.401 e. The first-order valence-electron chi connectivity index (χ1n) is 22.6. The van der Waals surface area contributed by atoms with Gasteiger partial charge in [-0.2, -0.15) is 135 Å². The first-order chi connectivity index (χ1) is 36.3. The number of aromatic nitrogens is 3. The Bertz CT molecular complexity index is 3090. The van der Waals surface area contributed by atoms with Crippen molar-refractivity contribution in [3.8, 4) is 0 Å². The topological polar surface area (TPSA) is 58.1 Å². The van der Waals surface area contributed by atoms with Crippen molar-refractivity contribution in [3.05, 3.63) is 183 Å². The van der Waals surface area contributed by atoms with E-state index in [0.29, 0.717) is 52.0 Å². The van der Waals surface area contributed by atoms with Crippen molar-refractivity contribution in [1.82, 2.24) is 15.0 Å². The van der Waals surface area contributed by atoms with Crippen molar-refractivity contribution < 1.29 is 99.1 Å². The average Bonchev–Trinajstić information content (AvgIpc) is 3.87. The number of benzene rings is 3. The predicted molar refractivity (Wildman–Crippen MR) is 259 cm³/mol. The zero-order chi connectivity index (χ0) is 59.0. The van der Waals surface area contributed by atoms with Crippen LogP contribution in [0.5, 0.6) is 0 Å². The van der Waals surface area contributed by atoms with E-state index in [1.54, 1.807) is 72.8 Å². The van der Waals surface area contributed by atoms with Crippen LogP contribution in [-0.2, 0) is 57.2 Å². The van der Waals surface area contributed by atoms with Crippen LogP contribution in [-0.4, -0.2) is 54.6 Å². The Hall–Kier alpha value is -7.09. The molecule has 435 valence electrons. The molecule has 9 rings (SSSR count). The van der Waals surface area contributed by atoms with Crippen LogP contribution in [0.3, 0.4) is 0 Å². The van der Waals surface area contributed by atoms with Gasteiger partial charge in [0.1, 0.15) is 17.1 Å². The van der Waals surface area contributed by atoms with Gasteiger partial charge in [0.25, 0.3) is 0 Å². The van der Waals surface area contributed by atoms with Gasteiger partial charge in [-0.3, -0.25) is 0 Å². The molecule has 0 saturated carbocycles. The number of fused-ring (bicyclic) bond motifs is 3. The van der Waals surface area contributed by atoms with Gasteiger partial charge in [0.05, 0.1) is 40.3 Å². The van der Waals surface area contributed by atoms with Crippen molar-refractivity contribution in [3.63, 3.8) is 0 Å². The SMILES string of the molecule is [CH2-]CC1N(C)c2c(cc(C(F)(F)F)nc2C(F)(F)F)N1c1ccccc1[CH2-].[CH2-]c1ccccc1N1c2cc(C(F)(F)F)nc(C(F)(F)F)c2N(C)C1[CH2-].[CH2-]c1ccccc1N1c2cc(C(F)(F)F)nc(C(F)(F)F)c2N(C)C1[CH2-].[Ir]. The molecule has 0 N–H and O–H groups in total. The summed E-state index contributed by atoms with van der Waals surface area (Å²) in [5.41, 5.74) is -9.15. The first-order valence-corrected chi connectivity index (χ1v) is 22.6. The van der Waals surface area contributed by atoms with Crippen LogP contribution in [0.25, 0.3) is 0 Å². The molecule has 3 aromatic carbocycles. The van der Waals surface area contributed by atoms with Crippen molar-refractivity contribution in [2.75, 3.05) is 50.5 Å². The molecule has 3 unspecified atom stereocenters. The molecule has 3 atom stereocenters. The maximum atomic E-state index is 13.5. The Morgan fingerprint density at radius 2 is 0.637 bits per heavy atom. The molecular formula is C52H41F18IrN9-6. The van der Waals surface area contributed by atoms with Crippen LogP contribution in [0.1, 0.15) is 57.3 Å². The number of nitrogens with zero attached hydrogens (tertiary/aromatic N) is 9. The van der Waals surface area contributed by atoms with E-state index in [-0.39, 0.29) is 43.6 Å². The van der Waals surface area contributed by atoms with Crippen molar-refractivity contribution in [2.45, 2.75) is 62.0 Å². The normalized spacial score (nSPS) is 17.3. The number of alkyl halides is 18. The quantitative estimate of drug-likeness (QED) is 0.127. The van der Waals surface area contributed by atoms with Crippen molar-refractivity contribution >= 4 is 51.2 Å². The molecule has 80 heavy (non-hydrogen) atoms. The number of rotatable bonds is 4. The first kappa shape index (κ1) is 62.1. The van der Waals surface area contributed by atoms with Crippen LogP contribution in [0.4, 0.5) is 130 Å². The summed E-state index contributed by atoms with van der Waals surface area (Å²) in [6.07, 6.45) is -32.6. The third-order valence-electron chi connectivity index (χ3n) is 12.7. The Balaban J connectivity index is 0.000000192. The van der Waals surface area contributed by atoms with Gasteiger partial charge in [-0.1, -0.05) is 53.5 Å². The van der Waals surface area contributed by atoms with E-state index < -0.39 is 107 Å². The summed E-state index contributed by atoms with van der Waals surface area (Å²) in [4.78, 5) is 16.2. The number of anilines is 9. The van der Waals surface area contributed by atoms with E-state index in [2.05, 4.69) is 56.5 Å². The van der Waals surface area contributed by atoms with Gasteiger partial charge in [-0.05, 0) is 30.5 Å². The smallest absolute Gasteiger partial charge is 0.401 e. The fourth-order valence-electron chi connectivity index (χ4n) is 9.08. The van der Waals surface area contributed by atoms with E-state index >= 15 is 0 Å². The summed E-state index contributed by atoms with van der Waals surface area (Å²) in [6, 6.07) is 21.3. The zero-order valence-electron chi connectivity index (χ0n) is 41.5. The largest absolute Gasteiger partial charge is 0.435 e. The second-order valence-electron chi connectivity index (χ2n) is 17.7. The van der Waals surface area contributed by atoms with Crippen LogP contribution < -0.4 is 29.4 Å². The molecule has 6 aromatic rings. The Morgan fingerprint density at radius 3 is 0.887 bits per heavy atom. The molecule has 3 aromatic heterocycles. The van der Waals surface area contributed by atoms with Crippen LogP contribution in [0.15, 0.2) is 91.0 Å². The second-order valence-corrected chi connectivity index (χ2v) is 17.7. The van der Waals surface area contributed by atoms with Crippen molar-refractivity contribution in [2.24, 2.45) is 0 Å². The van der Waals surface area contributed by atoms with Gasteiger partial charge in [0.2, 0.25) is 0 Å².